The van der Waals surface area contributed by atoms with Crippen molar-refractivity contribution >= 4 is 40.6 Å². The topological polar surface area (TPSA) is 96.1 Å². The van der Waals surface area contributed by atoms with Crippen molar-refractivity contribution in [2.45, 2.75) is 18.6 Å². The molecule has 1 aliphatic heterocycles. The Morgan fingerprint density at radius 2 is 2.19 bits per heavy atom. The van der Waals surface area contributed by atoms with Gasteiger partial charge in [-0.2, -0.15) is 5.10 Å². The molecule has 0 radical (unpaired) electrons. The number of carbonyl (C=O) groups excluding carboxylic acids is 2. The van der Waals surface area contributed by atoms with E-state index in [2.05, 4.69) is 20.8 Å². The zero-order valence-corrected chi connectivity index (χ0v) is 14.5. The first-order valence-electron chi connectivity index (χ1n) is 7.70. The molecule has 7 nitrogen and oxygen atoms in total. The number of nitrogens with one attached hydrogen (secondary N) is 2. The van der Waals surface area contributed by atoms with Crippen LogP contribution in [-0.2, 0) is 9.59 Å². The molecule has 1 saturated heterocycles. The maximum Gasteiger partial charge on any atom is 0.240 e. The lowest BCUT2D eigenvalue weighted by Crippen LogP contribution is -2.28. The molecule has 1 aromatic heterocycles. The van der Waals surface area contributed by atoms with Gasteiger partial charge in [0.2, 0.25) is 11.8 Å². The number of benzene rings is 1. The lowest BCUT2D eigenvalue weighted by atomic mass is 10.2. The molecule has 26 heavy (non-hydrogen) atoms. The lowest BCUT2D eigenvalue weighted by molar-refractivity contribution is -0.122. The molecule has 0 spiro atoms. The van der Waals surface area contributed by atoms with Gasteiger partial charge in [0, 0.05) is 6.42 Å². The normalized spacial score (nSPS) is 18.5. The Balaban J connectivity index is 1.56. The third-order valence-corrected chi connectivity index (χ3v) is 4.46. The number of thioether (sulfide) groups is 1. The van der Waals surface area contributed by atoms with Gasteiger partial charge in [-0.05, 0) is 31.2 Å². The summed E-state index contributed by atoms with van der Waals surface area (Å²) in [5.41, 5.74) is 0.0770. The van der Waals surface area contributed by atoms with Gasteiger partial charge in [-0.1, -0.05) is 23.9 Å². The lowest BCUT2D eigenvalue weighted by Gasteiger charge is -2.07. The molecule has 1 aliphatic rings. The Morgan fingerprint density at radius 1 is 1.38 bits per heavy atom. The van der Waals surface area contributed by atoms with Crippen molar-refractivity contribution in [3.8, 4) is 0 Å². The van der Waals surface area contributed by atoms with Gasteiger partial charge in [0.15, 0.2) is 5.17 Å². The van der Waals surface area contributed by atoms with Crippen molar-refractivity contribution in [2.75, 3.05) is 5.32 Å². The molecule has 0 bridgehead atoms. The van der Waals surface area contributed by atoms with Crippen LogP contribution in [0.4, 0.5) is 10.1 Å². The molecule has 2 N–H and O–H groups in total. The zero-order valence-electron chi connectivity index (χ0n) is 13.7. The highest BCUT2D eigenvalue weighted by atomic mass is 32.2. The highest BCUT2D eigenvalue weighted by Crippen LogP contribution is 2.23. The summed E-state index contributed by atoms with van der Waals surface area (Å²) in [6.45, 7) is 1.81. The second-order valence-electron chi connectivity index (χ2n) is 5.43. The average molecular weight is 374 g/mol. The fourth-order valence-electron chi connectivity index (χ4n) is 2.18. The van der Waals surface area contributed by atoms with Crippen LogP contribution >= 0.6 is 11.8 Å². The molecular formula is C17H15FN4O3S. The summed E-state index contributed by atoms with van der Waals surface area (Å²) in [5, 5.41) is 12.4. The third kappa shape index (κ3) is 4.57. The summed E-state index contributed by atoms with van der Waals surface area (Å²) in [4.78, 5) is 24.0. The minimum absolute atomic E-state index is 0.0770. The molecule has 2 aromatic rings. The van der Waals surface area contributed by atoms with Gasteiger partial charge in [0.05, 0.1) is 11.9 Å². The fraction of sp³-hybridized carbons (Fsp3) is 0.176. The molecular weight excluding hydrogens is 359 g/mol. The number of aryl methyl sites for hydroxylation is 1. The molecule has 9 heteroatoms. The minimum Gasteiger partial charge on any atom is -0.460 e. The van der Waals surface area contributed by atoms with E-state index in [4.69, 9.17) is 4.42 Å². The van der Waals surface area contributed by atoms with Crippen LogP contribution in [0.5, 0.6) is 0 Å². The maximum atomic E-state index is 13.5. The van der Waals surface area contributed by atoms with Gasteiger partial charge in [-0.3, -0.25) is 9.59 Å². The highest BCUT2D eigenvalue weighted by molar-refractivity contribution is 8.15. The number of hydrogen-bond acceptors (Lipinski definition) is 6. The van der Waals surface area contributed by atoms with Crippen molar-refractivity contribution in [3.05, 3.63) is 53.7 Å². The molecule has 1 aromatic carbocycles. The van der Waals surface area contributed by atoms with E-state index in [0.717, 1.165) is 17.5 Å². The standard InChI is InChI=1S/C17H15FN4O3S/c1-10-6-7-11(25-10)9-19-22-17-21-16(24)14(26-17)8-15(23)20-13-5-3-2-4-12(13)18/h2-7,9,14H,8H2,1H3,(H,20,23)(H,21,22,24). The van der Waals surface area contributed by atoms with Gasteiger partial charge in [-0.15, -0.1) is 5.10 Å². The van der Waals surface area contributed by atoms with Crippen LogP contribution in [0.3, 0.4) is 0 Å². The molecule has 2 amide bonds. The Kier molecular flexibility index (Phi) is 5.47. The van der Waals surface area contributed by atoms with Gasteiger partial charge in [-0.25, -0.2) is 4.39 Å². The van der Waals surface area contributed by atoms with Crippen LogP contribution in [0.15, 0.2) is 51.0 Å². The monoisotopic (exact) mass is 374 g/mol. The summed E-state index contributed by atoms with van der Waals surface area (Å²) in [6.07, 6.45) is 1.32. The number of anilines is 1. The van der Waals surface area contributed by atoms with Gasteiger partial charge < -0.3 is 15.1 Å². The largest absolute Gasteiger partial charge is 0.460 e. The van der Waals surface area contributed by atoms with Crippen molar-refractivity contribution in [3.63, 3.8) is 0 Å². The second-order valence-corrected chi connectivity index (χ2v) is 6.62. The van der Waals surface area contributed by atoms with Crippen LogP contribution in [0.25, 0.3) is 0 Å². The van der Waals surface area contributed by atoms with Crippen LogP contribution in [-0.4, -0.2) is 28.4 Å². The third-order valence-electron chi connectivity index (χ3n) is 3.39. The molecule has 134 valence electrons. The first kappa shape index (κ1) is 17.9. The quantitative estimate of drug-likeness (QED) is 0.621. The van der Waals surface area contributed by atoms with Gasteiger partial charge in [0.25, 0.3) is 0 Å². The number of halogens is 1. The van der Waals surface area contributed by atoms with E-state index in [9.17, 15) is 14.0 Å². The summed E-state index contributed by atoms with van der Waals surface area (Å²) in [5.74, 6) is -0.0419. The first-order chi connectivity index (χ1) is 12.5. The molecule has 0 saturated carbocycles. The molecule has 1 atom stereocenters. The first-order valence-corrected chi connectivity index (χ1v) is 8.58. The van der Waals surface area contributed by atoms with E-state index in [1.807, 2.05) is 6.92 Å². The maximum absolute atomic E-state index is 13.5. The van der Waals surface area contributed by atoms with Crippen LogP contribution in [0, 0.1) is 12.7 Å². The van der Waals surface area contributed by atoms with Gasteiger partial charge in [0.1, 0.15) is 22.6 Å². The van der Waals surface area contributed by atoms with Crippen molar-refractivity contribution in [1.82, 2.24) is 5.32 Å². The minimum atomic E-state index is -0.651. The SMILES string of the molecule is Cc1ccc(C=N/N=C2/NC(=O)C(CC(=O)Nc3ccccc3F)S2)o1. The Morgan fingerprint density at radius 3 is 2.92 bits per heavy atom. The zero-order chi connectivity index (χ0) is 18.5. The van der Waals surface area contributed by atoms with Crippen LogP contribution in [0.2, 0.25) is 0 Å². The number of rotatable bonds is 5. The van der Waals surface area contributed by atoms with E-state index >= 15 is 0 Å². The number of para-hydroxylation sites is 1. The average Bonchev–Trinajstić information content (AvgIpc) is 3.16. The molecule has 3 rings (SSSR count). The van der Waals surface area contributed by atoms with E-state index in [1.54, 1.807) is 18.2 Å². The summed E-state index contributed by atoms with van der Waals surface area (Å²) < 4.78 is 18.9. The number of amides is 2. The molecule has 2 heterocycles. The van der Waals surface area contributed by atoms with Crippen molar-refractivity contribution in [1.29, 1.82) is 0 Å². The number of hydrogen-bond donors (Lipinski definition) is 2. The van der Waals surface area contributed by atoms with E-state index in [-0.39, 0.29) is 18.0 Å². The van der Waals surface area contributed by atoms with E-state index in [0.29, 0.717) is 10.9 Å². The fourth-order valence-corrected chi connectivity index (χ4v) is 3.10. The Hall–Kier alpha value is -2.94. The second kappa shape index (κ2) is 7.96. The van der Waals surface area contributed by atoms with E-state index < -0.39 is 17.0 Å². The molecule has 1 fully saturated rings. The Bertz CT molecular complexity index is 894. The molecule has 1 unspecified atom stereocenters. The summed E-state index contributed by atoms with van der Waals surface area (Å²) in [6, 6.07) is 9.38. The van der Waals surface area contributed by atoms with E-state index in [1.165, 1.54) is 24.4 Å². The van der Waals surface area contributed by atoms with Crippen molar-refractivity contribution < 1.29 is 18.4 Å². The van der Waals surface area contributed by atoms with Gasteiger partial charge >= 0.3 is 0 Å². The number of carbonyl (C=O) groups is 2. The molecule has 0 aliphatic carbocycles. The predicted octanol–water partition coefficient (Wildman–Crippen LogP) is 2.68. The number of nitrogens with zero attached hydrogens (tertiary/aromatic N) is 2. The summed E-state index contributed by atoms with van der Waals surface area (Å²) in [7, 11) is 0. The number of amidine groups is 1. The number of furan rings is 1. The van der Waals surface area contributed by atoms with Crippen LogP contribution < -0.4 is 10.6 Å². The Labute approximate surface area is 152 Å². The van der Waals surface area contributed by atoms with Crippen LogP contribution in [0.1, 0.15) is 17.9 Å². The highest BCUT2D eigenvalue weighted by Gasteiger charge is 2.32. The summed E-state index contributed by atoms with van der Waals surface area (Å²) >= 11 is 1.09. The predicted molar refractivity (Wildman–Crippen MR) is 97.6 cm³/mol. The van der Waals surface area contributed by atoms with Crippen molar-refractivity contribution in [2.24, 2.45) is 10.2 Å². The smallest absolute Gasteiger partial charge is 0.240 e.